The summed E-state index contributed by atoms with van der Waals surface area (Å²) in [6.45, 7) is 14.2. The number of carbonyl (C=O) groups is 2. The zero-order valence-electron chi connectivity index (χ0n) is 22.6. The summed E-state index contributed by atoms with van der Waals surface area (Å²) in [7, 11) is 0. The van der Waals surface area contributed by atoms with Gasteiger partial charge >= 0.3 is 5.97 Å². The highest BCUT2D eigenvalue weighted by Crippen LogP contribution is 2.33. The normalized spacial score (nSPS) is 11.2. The molecule has 198 valence electrons. The van der Waals surface area contributed by atoms with Crippen LogP contribution < -0.4 is 14.2 Å². The minimum Gasteiger partial charge on any atom is -0.493 e. The van der Waals surface area contributed by atoms with Crippen LogP contribution in [0.1, 0.15) is 82.3 Å². The largest absolute Gasteiger partial charge is 0.493 e. The molecular formula is C30H42O6. The number of benzene rings is 2. The first-order valence-electron chi connectivity index (χ1n) is 13.0. The third kappa shape index (κ3) is 9.56. The Morgan fingerprint density at radius 3 is 1.86 bits per heavy atom. The Labute approximate surface area is 216 Å². The molecule has 0 spiro atoms. The molecule has 0 saturated carbocycles. The lowest BCUT2D eigenvalue weighted by molar-refractivity contribution is -0.136. The van der Waals surface area contributed by atoms with Crippen LogP contribution in [0.2, 0.25) is 0 Å². The highest BCUT2D eigenvalue weighted by atomic mass is 16.5. The van der Waals surface area contributed by atoms with Crippen LogP contribution in [0, 0.1) is 17.8 Å². The van der Waals surface area contributed by atoms with Crippen molar-refractivity contribution in [3.63, 3.8) is 0 Å². The van der Waals surface area contributed by atoms with E-state index in [1.54, 1.807) is 36.4 Å². The zero-order chi connectivity index (χ0) is 26.7. The summed E-state index contributed by atoms with van der Waals surface area (Å²) >= 11 is 0. The molecule has 6 heteroatoms. The number of carboxylic acids is 1. The third-order valence-electron chi connectivity index (χ3n) is 5.74. The summed E-state index contributed by atoms with van der Waals surface area (Å²) in [5, 5.41) is 9.37. The van der Waals surface area contributed by atoms with Gasteiger partial charge in [0.25, 0.3) is 0 Å². The summed E-state index contributed by atoms with van der Waals surface area (Å²) in [5.41, 5.74) is 1.27. The van der Waals surface area contributed by atoms with E-state index in [4.69, 9.17) is 14.2 Å². The molecule has 0 atom stereocenters. The van der Waals surface area contributed by atoms with Crippen LogP contribution in [-0.2, 0) is 11.2 Å². The maximum Gasteiger partial charge on any atom is 0.307 e. The van der Waals surface area contributed by atoms with Gasteiger partial charge in [-0.15, -0.1) is 0 Å². The van der Waals surface area contributed by atoms with Gasteiger partial charge in [0, 0.05) is 11.1 Å². The molecule has 0 saturated heterocycles. The maximum absolute atomic E-state index is 13.6. The van der Waals surface area contributed by atoms with Gasteiger partial charge in [-0.2, -0.15) is 0 Å². The van der Waals surface area contributed by atoms with E-state index in [2.05, 4.69) is 41.5 Å². The smallest absolute Gasteiger partial charge is 0.307 e. The molecule has 6 nitrogen and oxygen atoms in total. The second kappa shape index (κ2) is 14.5. The fourth-order valence-corrected chi connectivity index (χ4v) is 3.48. The molecule has 36 heavy (non-hydrogen) atoms. The van der Waals surface area contributed by atoms with Crippen LogP contribution in [-0.4, -0.2) is 36.7 Å². The Hall–Kier alpha value is -3.02. The molecule has 0 radical (unpaired) electrons. The fourth-order valence-electron chi connectivity index (χ4n) is 3.48. The van der Waals surface area contributed by atoms with Crippen molar-refractivity contribution in [2.45, 2.75) is 67.2 Å². The van der Waals surface area contributed by atoms with Crippen molar-refractivity contribution in [2.75, 3.05) is 19.8 Å². The van der Waals surface area contributed by atoms with E-state index >= 15 is 0 Å². The highest BCUT2D eigenvalue weighted by Gasteiger charge is 2.21. The number of carboxylic acid groups (broad SMARTS) is 1. The average molecular weight is 499 g/mol. The summed E-state index contributed by atoms with van der Waals surface area (Å²) < 4.78 is 18.0. The fraction of sp³-hybridized carbons (Fsp3) is 0.533. The van der Waals surface area contributed by atoms with Crippen molar-refractivity contribution < 1.29 is 28.9 Å². The lowest BCUT2D eigenvalue weighted by Gasteiger charge is -2.17. The minimum atomic E-state index is -0.975. The molecular weight excluding hydrogens is 456 g/mol. The van der Waals surface area contributed by atoms with Crippen LogP contribution in [0.25, 0.3) is 0 Å². The van der Waals surface area contributed by atoms with Crippen molar-refractivity contribution in [3.8, 4) is 17.2 Å². The van der Waals surface area contributed by atoms with Crippen molar-refractivity contribution >= 4 is 11.8 Å². The lowest BCUT2D eigenvalue weighted by Crippen LogP contribution is -2.12. The zero-order valence-corrected chi connectivity index (χ0v) is 22.6. The predicted octanol–water partition coefficient (Wildman–Crippen LogP) is 6.82. The van der Waals surface area contributed by atoms with Crippen LogP contribution in [0.15, 0.2) is 36.4 Å². The first-order chi connectivity index (χ1) is 17.1. The number of aliphatic carboxylic acids is 1. The van der Waals surface area contributed by atoms with E-state index in [-0.39, 0.29) is 12.2 Å². The van der Waals surface area contributed by atoms with Gasteiger partial charge in [0.2, 0.25) is 0 Å². The van der Waals surface area contributed by atoms with Crippen LogP contribution >= 0.6 is 0 Å². The minimum absolute atomic E-state index is 0.218. The first kappa shape index (κ1) is 29.2. The van der Waals surface area contributed by atoms with E-state index < -0.39 is 5.97 Å². The number of ketones is 1. The molecule has 0 aliphatic carbocycles. The summed E-state index contributed by atoms with van der Waals surface area (Å²) in [5.74, 6) is 1.69. The van der Waals surface area contributed by atoms with Crippen molar-refractivity contribution in [1.82, 2.24) is 0 Å². The number of para-hydroxylation sites is 1. The Kier molecular flexibility index (Phi) is 11.8. The maximum atomic E-state index is 13.6. The standard InChI is InChI=1S/C30H42O6/c1-20(2)12-15-34-26-11-10-23(18-27(26)35-16-13-21(3)4)29(33)25-9-7-8-24(19-28(31)32)30(25)36-17-14-22(5)6/h7-11,18,20-22H,12-17,19H2,1-6H3,(H,31,32). The lowest BCUT2D eigenvalue weighted by atomic mass is 9.98. The van der Waals surface area contributed by atoms with Crippen molar-refractivity contribution in [1.29, 1.82) is 0 Å². The van der Waals surface area contributed by atoms with E-state index in [0.717, 1.165) is 19.3 Å². The molecule has 0 heterocycles. The Morgan fingerprint density at radius 1 is 0.750 bits per heavy atom. The van der Waals surface area contributed by atoms with Crippen LogP contribution in [0.5, 0.6) is 17.2 Å². The SMILES string of the molecule is CC(C)CCOc1ccc(C(=O)c2cccc(CC(=O)O)c2OCCC(C)C)cc1OCCC(C)C. The van der Waals surface area contributed by atoms with Gasteiger partial charge in [0.15, 0.2) is 17.3 Å². The number of hydrogen-bond acceptors (Lipinski definition) is 5. The molecule has 2 aromatic rings. The monoisotopic (exact) mass is 498 g/mol. The van der Waals surface area contributed by atoms with E-state index in [0.29, 0.717) is 71.5 Å². The van der Waals surface area contributed by atoms with Gasteiger partial charge in [-0.25, -0.2) is 0 Å². The summed E-state index contributed by atoms with van der Waals surface area (Å²) in [6, 6.07) is 10.3. The first-order valence-corrected chi connectivity index (χ1v) is 13.0. The highest BCUT2D eigenvalue weighted by molar-refractivity contribution is 6.11. The van der Waals surface area contributed by atoms with Crippen LogP contribution in [0.3, 0.4) is 0 Å². The topological polar surface area (TPSA) is 82.1 Å². The van der Waals surface area contributed by atoms with E-state index in [1.807, 2.05) is 0 Å². The molecule has 0 aliphatic rings. The molecule has 0 bridgehead atoms. The Balaban J connectivity index is 2.39. The molecule has 2 aromatic carbocycles. The number of rotatable bonds is 16. The Bertz CT molecular complexity index is 993. The summed E-state index contributed by atoms with van der Waals surface area (Å²) in [6.07, 6.45) is 2.38. The molecule has 0 unspecified atom stereocenters. The molecule has 0 aliphatic heterocycles. The molecule has 0 amide bonds. The van der Waals surface area contributed by atoms with Gasteiger partial charge in [-0.1, -0.05) is 53.7 Å². The predicted molar refractivity (Wildman–Crippen MR) is 143 cm³/mol. The number of carbonyl (C=O) groups excluding carboxylic acids is 1. The number of hydrogen-bond donors (Lipinski definition) is 1. The second-order valence-electron chi connectivity index (χ2n) is 10.4. The van der Waals surface area contributed by atoms with Crippen molar-refractivity contribution in [2.24, 2.45) is 17.8 Å². The van der Waals surface area contributed by atoms with Gasteiger partial charge in [0.1, 0.15) is 5.75 Å². The van der Waals surface area contributed by atoms with E-state index in [1.165, 1.54) is 0 Å². The van der Waals surface area contributed by atoms with Gasteiger partial charge in [0.05, 0.1) is 31.8 Å². The van der Waals surface area contributed by atoms with Gasteiger partial charge in [-0.3, -0.25) is 9.59 Å². The summed E-state index contributed by atoms with van der Waals surface area (Å²) in [4.78, 5) is 25.1. The van der Waals surface area contributed by atoms with Gasteiger partial charge in [-0.05, 0) is 61.3 Å². The molecule has 0 fully saturated rings. The Morgan fingerprint density at radius 2 is 1.31 bits per heavy atom. The van der Waals surface area contributed by atoms with Gasteiger partial charge < -0.3 is 19.3 Å². The van der Waals surface area contributed by atoms with E-state index in [9.17, 15) is 14.7 Å². The molecule has 2 rings (SSSR count). The molecule has 1 N–H and O–H groups in total. The third-order valence-corrected chi connectivity index (χ3v) is 5.74. The number of ether oxygens (including phenoxy) is 3. The second-order valence-corrected chi connectivity index (χ2v) is 10.4. The molecule has 0 aromatic heterocycles. The average Bonchev–Trinajstić information content (AvgIpc) is 2.79. The van der Waals surface area contributed by atoms with Crippen molar-refractivity contribution in [3.05, 3.63) is 53.1 Å². The quantitative estimate of drug-likeness (QED) is 0.256. The van der Waals surface area contributed by atoms with Crippen LogP contribution in [0.4, 0.5) is 0 Å².